The first-order valence-electron chi connectivity index (χ1n) is 9.99. The summed E-state index contributed by atoms with van der Waals surface area (Å²) in [6.07, 6.45) is 2.13. The van der Waals surface area contributed by atoms with E-state index in [0.29, 0.717) is 24.7 Å². The predicted molar refractivity (Wildman–Crippen MR) is 108 cm³/mol. The van der Waals surface area contributed by atoms with Crippen molar-refractivity contribution >= 4 is 11.9 Å². The zero-order chi connectivity index (χ0) is 21.3. The summed E-state index contributed by atoms with van der Waals surface area (Å²) < 4.78 is 22.5. The van der Waals surface area contributed by atoms with Crippen molar-refractivity contribution in [1.29, 1.82) is 0 Å². The molecule has 0 spiro atoms. The minimum atomic E-state index is -0.395. The summed E-state index contributed by atoms with van der Waals surface area (Å²) in [6, 6.07) is 5.54. The highest BCUT2D eigenvalue weighted by Gasteiger charge is 2.54. The van der Waals surface area contributed by atoms with Gasteiger partial charge in [0.25, 0.3) is 0 Å². The van der Waals surface area contributed by atoms with Gasteiger partial charge in [-0.05, 0) is 36.5 Å². The molecular weight excluding hydrogens is 372 g/mol. The number of rotatable bonds is 5. The van der Waals surface area contributed by atoms with E-state index >= 15 is 0 Å². The van der Waals surface area contributed by atoms with Crippen molar-refractivity contribution in [3.05, 3.63) is 35.4 Å². The van der Waals surface area contributed by atoms with Crippen LogP contribution in [0.4, 0.5) is 0 Å². The summed E-state index contributed by atoms with van der Waals surface area (Å²) in [5.41, 5.74) is 2.00. The zero-order valence-corrected chi connectivity index (χ0v) is 18.0. The quantitative estimate of drug-likeness (QED) is 0.420. The second-order valence-corrected chi connectivity index (χ2v) is 8.26. The normalized spacial score (nSPS) is 30.9. The fourth-order valence-corrected chi connectivity index (χ4v) is 4.89. The maximum absolute atomic E-state index is 11.5. The summed E-state index contributed by atoms with van der Waals surface area (Å²) in [5, 5.41) is 0. The van der Waals surface area contributed by atoms with Crippen LogP contribution in [0.5, 0.6) is 11.5 Å². The van der Waals surface area contributed by atoms with Gasteiger partial charge >= 0.3 is 11.9 Å². The van der Waals surface area contributed by atoms with Crippen LogP contribution in [0, 0.1) is 23.2 Å². The van der Waals surface area contributed by atoms with E-state index < -0.39 is 5.97 Å². The molecule has 1 fully saturated rings. The van der Waals surface area contributed by atoms with E-state index in [9.17, 15) is 9.59 Å². The summed E-state index contributed by atoms with van der Waals surface area (Å²) in [7, 11) is 1.55. The summed E-state index contributed by atoms with van der Waals surface area (Å²) in [4.78, 5) is 22.8. The molecule has 1 aliphatic heterocycles. The lowest BCUT2D eigenvalue weighted by atomic mass is 9.56. The van der Waals surface area contributed by atoms with Gasteiger partial charge in [0.15, 0.2) is 11.5 Å². The van der Waals surface area contributed by atoms with Gasteiger partial charge in [-0.25, -0.2) is 0 Å². The molecule has 29 heavy (non-hydrogen) atoms. The number of esters is 2. The molecule has 158 valence electrons. The highest BCUT2D eigenvalue weighted by atomic mass is 16.6. The van der Waals surface area contributed by atoms with Crippen molar-refractivity contribution in [2.45, 2.75) is 40.7 Å². The first-order valence-corrected chi connectivity index (χ1v) is 9.99. The topological polar surface area (TPSA) is 71.1 Å². The van der Waals surface area contributed by atoms with Gasteiger partial charge in [-0.15, -0.1) is 0 Å². The number of carbonyl (C=O) groups excluding carboxylic acids is 2. The lowest BCUT2D eigenvalue weighted by molar-refractivity contribution is -0.180. The summed E-state index contributed by atoms with van der Waals surface area (Å²) >= 11 is 0. The van der Waals surface area contributed by atoms with E-state index in [-0.39, 0.29) is 35.2 Å². The lowest BCUT2D eigenvalue weighted by Gasteiger charge is -2.55. The zero-order valence-electron chi connectivity index (χ0n) is 18.0. The third-order valence-corrected chi connectivity index (χ3v) is 6.56. The van der Waals surface area contributed by atoms with Crippen LogP contribution < -0.4 is 9.47 Å². The molecule has 1 heterocycles. The maximum atomic E-state index is 11.5. The highest BCUT2D eigenvalue weighted by Crippen LogP contribution is 2.56. The average molecular weight is 402 g/mol. The number of carbonyl (C=O) groups is 2. The van der Waals surface area contributed by atoms with Crippen molar-refractivity contribution < 1.29 is 28.5 Å². The van der Waals surface area contributed by atoms with Gasteiger partial charge in [-0.2, -0.15) is 0 Å². The van der Waals surface area contributed by atoms with Crippen molar-refractivity contribution in [2.24, 2.45) is 23.2 Å². The van der Waals surface area contributed by atoms with Gasteiger partial charge < -0.3 is 18.9 Å². The van der Waals surface area contributed by atoms with Crippen LogP contribution in [-0.4, -0.2) is 32.3 Å². The standard InChI is InChI=1S/C23H30O6/c1-13-9-14(2)23(11-27-16(4)24)12-28-22(21(13)15(23)3)18-7-8-19(29-17(5)25)20(10-18)26-6/h7-10,14-15,21-22H,11-12H2,1-6H3/t14-,15-,21+,22+,23-/m1/s1. The van der Waals surface area contributed by atoms with E-state index in [0.717, 1.165) is 5.56 Å². The van der Waals surface area contributed by atoms with Crippen LogP contribution in [-0.2, 0) is 19.1 Å². The molecule has 0 radical (unpaired) electrons. The average Bonchev–Trinajstić information content (AvgIpc) is 2.65. The second-order valence-electron chi connectivity index (χ2n) is 8.26. The number of hydrogen-bond donors (Lipinski definition) is 0. The molecule has 0 N–H and O–H groups in total. The minimum absolute atomic E-state index is 0.153. The van der Waals surface area contributed by atoms with E-state index in [4.69, 9.17) is 18.9 Å². The van der Waals surface area contributed by atoms with Gasteiger partial charge in [0.2, 0.25) is 0 Å². The molecule has 6 heteroatoms. The van der Waals surface area contributed by atoms with Crippen LogP contribution in [0.3, 0.4) is 0 Å². The molecule has 3 rings (SSSR count). The van der Waals surface area contributed by atoms with E-state index in [1.54, 1.807) is 13.2 Å². The molecule has 5 atom stereocenters. The Morgan fingerprint density at radius 1 is 1.17 bits per heavy atom. The van der Waals surface area contributed by atoms with Gasteiger partial charge in [0.1, 0.15) is 0 Å². The van der Waals surface area contributed by atoms with Crippen molar-refractivity contribution in [3.63, 3.8) is 0 Å². The number of fused-ring (bicyclic) bond motifs is 2. The van der Waals surface area contributed by atoms with Gasteiger partial charge in [-0.3, -0.25) is 9.59 Å². The molecule has 1 aromatic rings. The highest BCUT2D eigenvalue weighted by molar-refractivity contribution is 5.70. The molecule has 1 saturated heterocycles. The Labute approximate surface area is 172 Å². The number of benzene rings is 1. The van der Waals surface area contributed by atoms with Gasteiger partial charge in [0, 0.05) is 25.2 Å². The SMILES string of the molecule is COc1cc([C@@H]2OC[C@]3(COC(C)=O)[C@H](C)C=C(C)[C@H]2[C@H]3C)ccc1OC(C)=O. The Morgan fingerprint density at radius 3 is 2.52 bits per heavy atom. The van der Waals surface area contributed by atoms with Crippen molar-refractivity contribution in [3.8, 4) is 11.5 Å². The Balaban J connectivity index is 1.95. The van der Waals surface area contributed by atoms with Crippen molar-refractivity contribution in [2.75, 3.05) is 20.3 Å². The van der Waals surface area contributed by atoms with Crippen LogP contribution in [0.15, 0.2) is 29.8 Å². The second kappa shape index (κ2) is 8.19. The Morgan fingerprint density at radius 2 is 1.90 bits per heavy atom. The predicted octanol–water partition coefficient (Wildman–Crippen LogP) is 4.09. The van der Waals surface area contributed by atoms with Gasteiger partial charge in [0.05, 0.1) is 26.4 Å². The fourth-order valence-electron chi connectivity index (χ4n) is 4.89. The van der Waals surface area contributed by atoms with Crippen molar-refractivity contribution in [1.82, 2.24) is 0 Å². The van der Waals surface area contributed by atoms with Crippen LogP contribution in [0.2, 0.25) is 0 Å². The molecule has 0 amide bonds. The molecule has 0 saturated carbocycles. The molecule has 1 aliphatic carbocycles. The van der Waals surface area contributed by atoms with Crippen LogP contribution in [0.25, 0.3) is 0 Å². The third-order valence-electron chi connectivity index (χ3n) is 6.56. The summed E-state index contributed by atoms with van der Waals surface area (Å²) in [6.45, 7) is 10.2. The third kappa shape index (κ3) is 3.90. The van der Waals surface area contributed by atoms with Crippen LogP contribution in [0.1, 0.15) is 46.3 Å². The first kappa shape index (κ1) is 21.4. The van der Waals surface area contributed by atoms with E-state index in [1.165, 1.54) is 19.4 Å². The number of methoxy groups -OCH3 is 1. The first-order chi connectivity index (χ1) is 13.7. The van der Waals surface area contributed by atoms with E-state index in [1.807, 2.05) is 12.1 Å². The fraction of sp³-hybridized carbons (Fsp3) is 0.565. The minimum Gasteiger partial charge on any atom is -0.493 e. The Hall–Kier alpha value is -2.34. The number of ether oxygens (including phenoxy) is 4. The molecule has 0 unspecified atom stereocenters. The molecule has 2 aliphatic rings. The Bertz CT molecular complexity index is 829. The molecule has 0 aromatic heterocycles. The van der Waals surface area contributed by atoms with Crippen LogP contribution >= 0.6 is 0 Å². The molecule has 1 aromatic carbocycles. The smallest absolute Gasteiger partial charge is 0.308 e. The van der Waals surface area contributed by atoms with Gasteiger partial charge in [-0.1, -0.05) is 31.6 Å². The number of allylic oxidation sites excluding steroid dienone is 1. The number of hydrogen-bond acceptors (Lipinski definition) is 6. The summed E-state index contributed by atoms with van der Waals surface area (Å²) in [5.74, 6) is 0.885. The maximum Gasteiger partial charge on any atom is 0.308 e. The molecule has 6 nitrogen and oxygen atoms in total. The van der Waals surface area contributed by atoms with E-state index in [2.05, 4.69) is 26.8 Å². The monoisotopic (exact) mass is 402 g/mol. The molecular formula is C23H30O6. The molecule has 2 bridgehead atoms. The lowest BCUT2D eigenvalue weighted by Crippen LogP contribution is -2.54. The Kier molecular flexibility index (Phi) is 6.03. The largest absolute Gasteiger partial charge is 0.493 e.